The standard InChI is InChI=1S/C16H23N3O2/c1-3-10(2)14(17)16(21)19-13-6-4-5-11(9-13)15(20)18-12-7-8-12/h4-6,9-10,12,14H,3,7-8,17H2,1-2H3,(H,18,20)(H,19,21)/t10?,14-/m0/s1. The Hall–Kier alpha value is -1.88. The zero-order valence-corrected chi connectivity index (χ0v) is 12.6. The normalized spacial score (nSPS) is 16.9. The van der Waals surface area contributed by atoms with Crippen LogP contribution in [0.3, 0.4) is 0 Å². The highest BCUT2D eigenvalue weighted by atomic mass is 16.2. The van der Waals surface area contributed by atoms with Gasteiger partial charge in [0, 0.05) is 17.3 Å². The van der Waals surface area contributed by atoms with Crippen molar-refractivity contribution in [2.45, 2.75) is 45.2 Å². The van der Waals surface area contributed by atoms with Crippen molar-refractivity contribution in [3.05, 3.63) is 29.8 Å². The SMILES string of the molecule is CCC(C)[C@H](N)C(=O)Nc1cccc(C(=O)NC2CC2)c1. The first kappa shape index (κ1) is 15.5. The van der Waals surface area contributed by atoms with Crippen molar-refractivity contribution in [2.75, 3.05) is 5.32 Å². The van der Waals surface area contributed by atoms with Crippen molar-refractivity contribution < 1.29 is 9.59 Å². The molecule has 0 radical (unpaired) electrons. The summed E-state index contributed by atoms with van der Waals surface area (Å²) in [4.78, 5) is 24.0. The van der Waals surface area contributed by atoms with Crippen LogP contribution >= 0.6 is 0 Å². The molecule has 0 aliphatic heterocycles. The van der Waals surface area contributed by atoms with E-state index in [0.29, 0.717) is 17.3 Å². The molecule has 0 heterocycles. The quantitative estimate of drug-likeness (QED) is 0.747. The van der Waals surface area contributed by atoms with E-state index in [-0.39, 0.29) is 17.7 Å². The van der Waals surface area contributed by atoms with Gasteiger partial charge in [-0.3, -0.25) is 9.59 Å². The van der Waals surface area contributed by atoms with Crippen molar-refractivity contribution in [2.24, 2.45) is 11.7 Å². The predicted octanol–water partition coefficient (Wildman–Crippen LogP) is 1.89. The Balaban J connectivity index is 1.99. The first-order valence-electron chi connectivity index (χ1n) is 7.48. The number of carbonyl (C=O) groups excluding carboxylic acids is 2. The monoisotopic (exact) mass is 289 g/mol. The maximum atomic E-state index is 12.0. The van der Waals surface area contributed by atoms with E-state index >= 15 is 0 Å². The van der Waals surface area contributed by atoms with Crippen LogP contribution in [0.2, 0.25) is 0 Å². The molecule has 1 fully saturated rings. The zero-order valence-electron chi connectivity index (χ0n) is 12.6. The van der Waals surface area contributed by atoms with Gasteiger partial charge in [-0.05, 0) is 37.0 Å². The molecule has 1 aliphatic carbocycles. The molecule has 1 saturated carbocycles. The summed E-state index contributed by atoms with van der Waals surface area (Å²) in [7, 11) is 0. The van der Waals surface area contributed by atoms with Crippen molar-refractivity contribution >= 4 is 17.5 Å². The number of benzene rings is 1. The molecule has 1 unspecified atom stereocenters. The van der Waals surface area contributed by atoms with Crippen LogP contribution in [0.15, 0.2) is 24.3 Å². The second-order valence-electron chi connectivity index (χ2n) is 5.73. The van der Waals surface area contributed by atoms with E-state index in [9.17, 15) is 9.59 Å². The number of hydrogen-bond acceptors (Lipinski definition) is 3. The van der Waals surface area contributed by atoms with E-state index < -0.39 is 6.04 Å². The summed E-state index contributed by atoms with van der Waals surface area (Å²) in [6.07, 6.45) is 2.94. The number of carbonyl (C=O) groups is 2. The second kappa shape index (κ2) is 6.72. The topological polar surface area (TPSA) is 84.2 Å². The van der Waals surface area contributed by atoms with Gasteiger partial charge in [-0.1, -0.05) is 26.3 Å². The van der Waals surface area contributed by atoms with Gasteiger partial charge < -0.3 is 16.4 Å². The van der Waals surface area contributed by atoms with E-state index in [0.717, 1.165) is 19.3 Å². The summed E-state index contributed by atoms with van der Waals surface area (Å²) in [5.41, 5.74) is 7.05. The van der Waals surface area contributed by atoms with Gasteiger partial charge in [0.15, 0.2) is 0 Å². The smallest absolute Gasteiger partial charge is 0.251 e. The van der Waals surface area contributed by atoms with Gasteiger partial charge in [0.1, 0.15) is 0 Å². The van der Waals surface area contributed by atoms with E-state index in [1.807, 2.05) is 13.8 Å². The lowest BCUT2D eigenvalue weighted by Gasteiger charge is -2.18. The van der Waals surface area contributed by atoms with Gasteiger partial charge in [0.05, 0.1) is 6.04 Å². The lowest BCUT2D eigenvalue weighted by atomic mass is 9.99. The molecule has 2 atom stereocenters. The molecule has 4 N–H and O–H groups in total. The lowest BCUT2D eigenvalue weighted by Crippen LogP contribution is -2.40. The molecule has 1 aromatic carbocycles. The molecule has 2 amide bonds. The molecule has 21 heavy (non-hydrogen) atoms. The molecule has 114 valence electrons. The molecule has 0 bridgehead atoms. The molecule has 1 aliphatic rings. The Labute approximate surface area is 125 Å². The number of rotatable bonds is 6. The minimum atomic E-state index is -0.543. The predicted molar refractivity (Wildman–Crippen MR) is 83.0 cm³/mol. The van der Waals surface area contributed by atoms with Crippen LogP contribution in [-0.4, -0.2) is 23.9 Å². The van der Waals surface area contributed by atoms with Gasteiger partial charge >= 0.3 is 0 Å². The second-order valence-corrected chi connectivity index (χ2v) is 5.73. The molecule has 5 heteroatoms. The van der Waals surface area contributed by atoms with Gasteiger partial charge in [-0.25, -0.2) is 0 Å². The molecule has 2 rings (SSSR count). The van der Waals surface area contributed by atoms with Gasteiger partial charge in [-0.2, -0.15) is 0 Å². The number of anilines is 1. The average molecular weight is 289 g/mol. The van der Waals surface area contributed by atoms with Crippen LogP contribution in [0.5, 0.6) is 0 Å². The Bertz CT molecular complexity index is 526. The van der Waals surface area contributed by atoms with E-state index in [2.05, 4.69) is 10.6 Å². The summed E-state index contributed by atoms with van der Waals surface area (Å²) in [5.74, 6) is -0.199. The van der Waals surface area contributed by atoms with Crippen molar-refractivity contribution in [3.8, 4) is 0 Å². The highest BCUT2D eigenvalue weighted by Gasteiger charge is 2.24. The minimum Gasteiger partial charge on any atom is -0.349 e. The van der Waals surface area contributed by atoms with Gasteiger partial charge in [0.2, 0.25) is 5.91 Å². The van der Waals surface area contributed by atoms with E-state index in [1.165, 1.54) is 0 Å². The number of amides is 2. The fourth-order valence-electron chi connectivity index (χ4n) is 1.97. The molecule has 0 saturated heterocycles. The zero-order chi connectivity index (χ0) is 15.4. The van der Waals surface area contributed by atoms with Crippen LogP contribution in [0.25, 0.3) is 0 Å². The lowest BCUT2D eigenvalue weighted by molar-refractivity contribution is -0.118. The number of nitrogens with one attached hydrogen (secondary N) is 2. The number of hydrogen-bond donors (Lipinski definition) is 3. The van der Waals surface area contributed by atoms with Crippen LogP contribution in [0, 0.1) is 5.92 Å². The van der Waals surface area contributed by atoms with Crippen LogP contribution in [0.4, 0.5) is 5.69 Å². The van der Waals surface area contributed by atoms with Crippen molar-refractivity contribution in [1.82, 2.24) is 5.32 Å². The maximum Gasteiger partial charge on any atom is 0.251 e. The van der Waals surface area contributed by atoms with Crippen LogP contribution < -0.4 is 16.4 Å². The Morgan fingerprint density at radius 3 is 2.71 bits per heavy atom. The Morgan fingerprint density at radius 2 is 2.10 bits per heavy atom. The van der Waals surface area contributed by atoms with Crippen LogP contribution in [-0.2, 0) is 4.79 Å². The fraction of sp³-hybridized carbons (Fsp3) is 0.500. The third-order valence-electron chi connectivity index (χ3n) is 3.86. The summed E-state index contributed by atoms with van der Waals surface area (Å²) in [6.45, 7) is 3.95. The molecule has 1 aromatic rings. The maximum absolute atomic E-state index is 12.0. The summed E-state index contributed by atoms with van der Waals surface area (Å²) >= 11 is 0. The van der Waals surface area contributed by atoms with Crippen molar-refractivity contribution in [3.63, 3.8) is 0 Å². The third kappa shape index (κ3) is 4.29. The Kier molecular flexibility index (Phi) is 4.96. The molecule has 0 spiro atoms. The average Bonchev–Trinajstić information content (AvgIpc) is 3.29. The molecule has 0 aromatic heterocycles. The Morgan fingerprint density at radius 1 is 1.38 bits per heavy atom. The van der Waals surface area contributed by atoms with E-state index in [1.54, 1.807) is 24.3 Å². The fourth-order valence-corrected chi connectivity index (χ4v) is 1.97. The minimum absolute atomic E-state index is 0.0974. The first-order chi connectivity index (χ1) is 10.0. The summed E-state index contributed by atoms with van der Waals surface area (Å²) < 4.78 is 0. The molecular formula is C16H23N3O2. The van der Waals surface area contributed by atoms with Gasteiger partial charge in [-0.15, -0.1) is 0 Å². The highest BCUT2D eigenvalue weighted by Crippen LogP contribution is 2.20. The first-order valence-corrected chi connectivity index (χ1v) is 7.48. The van der Waals surface area contributed by atoms with E-state index in [4.69, 9.17) is 5.73 Å². The summed E-state index contributed by atoms with van der Waals surface area (Å²) in [6, 6.07) is 6.70. The van der Waals surface area contributed by atoms with Crippen LogP contribution in [0.1, 0.15) is 43.5 Å². The van der Waals surface area contributed by atoms with Gasteiger partial charge in [0.25, 0.3) is 5.91 Å². The number of nitrogens with two attached hydrogens (primary N) is 1. The van der Waals surface area contributed by atoms with Crippen molar-refractivity contribution in [1.29, 1.82) is 0 Å². The highest BCUT2D eigenvalue weighted by molar-refractivity contribution is 5.98. The largest absolute Gasteiger partial charge is 0.349 e. The molecular weight excluding hydrogens is 266 g/mol. The molecule has 5 nitrogen and oxygen atoms in total. The third-order valence-corrected chi connectivity index (χ3v) is 3.86. The summed E-state index contributed by atoms with van der Waals surface area (Å²) in [5, 5.41) is 5.70.